The molecule has 32 heavy (non-hydrogen) atoms. The zero-order valence-electron chi connectivity index (χ0n) is 17.3. The van der Waals surface area contributed by atoms with Gasteiger partial charge in [0.1, 0.15) is 34.7 Å². The van der Waals surface area contributed by atoms with E-state index in [2.05, 4.69) is 25.5 Å². The average molecular weight is 472 g/mol. The molecule has 2 aromatic rings. The molecule has 1 saturated heterocycles. The first kappa shape index (κ1) is 22.7. The second kappa shape index (κ2) is 8.83. The van der Waals surface area contributed by atoms with Crippen molar-refractivity contribution in [1.82, 2.24) is 20.8 Å². The molecule has 1 aliphatic carbocycles. The zero-order valence-corrected chi connectivity index (χ0v) is 18.1. The molecule has 2 atom stereocenters. The quantitative estimate of drug-likeness (QED) is 0.595. The first-order chi connectivity index (χ1) is 15.1. The Kier molecular flexibility index (Phi) is 6.28. The molecule has 0 unspecified atom stereocenters. The minimum atomic E-state index is -4.27. The van der Waals surface area contributed by atoms with Crippen LogP contribution in [0, 0.1) is 24.6 Å². The van der Waals surface area contributed by atoms with E-state index in [0.29, 0.717) is 25.1 Å². The van der Waals surface area contributed by atoms with Crippen LogP contribution in [0.3, 0.4) is 0 Å². The van der Waals surface area contributed by atoms with E-state index >= 15 is 0 Å². The first-order valence-corrected chi connectivity index (χ1v) is 11.7. The molecule has 8 nitrogen and oxygen atoms in total. The van der Waals surface area contributed by atoms with Crippen LogP contribution in [0.5, 0.6) is 5.75 Å². The summed E-state index contributed by atoms with van der Waals surface area (Å²) < 4.78 is 76.4. The minimum Gasteiger partial charge on any atom is -0.490 e. The number of hydrogen-bond donors (Lipinski definition) is 3. The fourth-order valence-electron chi connectivity index (χ4n) is 4.24. The normalized spacial score (nSPS) is 23.8. The highest BCUT2D eigenvalue weighted by Crippen LogP contribution is 2.42. The molecule has 3 N–H and O–H groups in total. The maximum atomic E-state index is 14.8. The van der Waals surface area contributed by atoms with E-state index in [1.54, 1.807) is 6.92 Å². The second-order valence-electron chi connectivity index (χ2n) is 8.19. The highest BCUT2D eigenvalue weighted by molar-refractivity contribution is 7.92. The highest BCUT2D eigenvalue weighted by Gasteiger charge is 2.46. The van der Waals surface area contributed by atoms with Crippen LogP contribution in [0.2, 0.25) is 0 Å². The van der Waals surface area contributed by atoms with Crippen LogP contribution >= 0.6 is 0 Å². The molecule has 0 amide bonds. The van der Waals surface area contributed by atoms with Gasteiger partial charge in [-0.1, -0.05) is 0 Å². The Balaban J connectivity index is 1.58. The number of hydrogen-bond acceptors (Lipinski definition) is 7. The van der Waals surface area contributed by atoms with Gasteiger partial charge in [0, 0.05) is 44.1 Å². The number of nitrogens with one attached hydrogen (secondary N) is 3. The summed E-state index contributed by atoms with van der Waals surface area (Å²) in [6.45, 7) is 2.82. The number of ether oxygens (including phenoxy) is 1. The number of nitrogens with zero attached hydrogens (tertiary/aromatic N) is 2. The number of rotatable bonds is 6. The third kappa shape index (κ3) is 4.97. The lowest BCUT2D eigenvalue weighted by molar-refractivity contribution is -0.0976. The van der Waals surface area contributed by atoms with Gasteiger partial charge in [-0.15, -0.1) is 0 Å². The number of sulfonamides is 1. The van der Waals surface area contributed by atoms with Crippen molar-refractivity contribution >= 4 is 15.8 Å². The van der Waals surface area contributed by atoms with Crippen molar-refractivity contribution in [3.63, 3.8) is 0 Å². The van der Waals surface area contributed by atoms with Crippen molar-refractivity contribution in [1.29, 1.82) is 0 Å². The summed E-state index contributed by atoms with van der Waals surface area (Å²) in [6.07, 6.45) is 1.29. The van der Waals surface area contributed by atoms with E-state index in [9.17, 15) is 21.6 Å². The number of halogens is 3. The van der Waals surface area contributed by atoms with Gasteiger partial charge in [0.2, 0.25) is 0 Å². The van der Waals surface area contributed by atoms with E-state index in [1.165, 1.54) is 12.3 Å². The fraction of sp³-hybridized carbons (Fsp3) is 0.500. The van der Waals surface area contributed by atoms with Crippen molar-refractivity contribution in [3.05, 3.63) is 42.1 Å². The molecular formula is C20H24F3N5O3S. The summed E-state index contributed by atoms with van der Waals surface area (Å²) >= 11 is 0. The molecule has 1 aromatic carbocycles. The Hall–Kier alpha value is -2.44. The summed E-state index contributed by atoms with van der Waals surface area (Å²) in [5.41, 5.74) is 6.33. The number of aryl methyl sites for hydroxylation is 1. The molecule has 174 valence electrons. The molecule has 0 radical (unpaired) electrons. The molecule has 1 aromatic heterocycles. The van der Waals surface area contributed by atoms with Gasteiger partial charge >= 0.3 is 0 Å². The second-order valence-corrected chi connectivity index (χ2v) is 9.84. The van der Waals surface area contributed by atoms with Gasteiger partial charge in [0.05, 0.1) is 0 Å². The molecule has 2 heterocycles. The predicted molar refractivity (Wildman–Crippen MR) is 110 cm³/mol. The Morgan fingerprint density at radius 2 is 2.00 bits per heavy atom. The number of anilines is 1. The number of hydrazine groups is 1. The van der Waals surface area contributed by atoms with E-state index in [-0.39, 0.29) is 29.8 Å². The Morgan fingerprint density at radius 3 is 2.69 bits per heavy atom. The average Bonchev–Trinajstić information content (AvgIpc) is 3.25. The third-order valence-corrected chi connectivity index (χ3v) is 7.27. The van der Waals surface area contributed by atoms with Crippen LogP contribution in [0.15, 0.2) is 35.6 Å². The van der Waals surface area contributed by atoms with Crippen LogP contribution in [0.4, 0.5) is 19.0 Å². The van der Waals surface area contributed by atoms with Crippen molar-refractivity contribution in [2.75, 3.05) is 17.8 Å². The van der Waals surface area contributed by atoms with Crippen LogP contribution < -0.4 is 20.3 Å². The summed E-state index contributed by atoms with van der Waals surface area (Å²) in [5, 5.41) is 0. The van der Waals surface area contributed by atoms with E-state index in [1.807, 2.05) is 0 Å². The molecule has 2 fully saturated rings. The topological polar surface area (TPSA) is 105 Å². The molecule has 4 rings (SSSR count). The lowest BCUT2D eigenvalue weighted by Crippen LogP contribution is -2.44. The molecule has 12 heteroatoms. The van der Waals surface area contributed by atoms with Crippen LogP contribution in [0.1, 0.15) is 24.8 Å². The number of benzene rings is 1. The molecule has 1 aliphatic heterocycles. The van der Waals surface area contributed by atoms with Crippen LogP contribution in [-0.4, -0.2) is 43.5 Å². The van der Waals surface area contributed by atoms with E-state index in [0.717, 1.165) is 18.5 Å². The molecular weight excluding hydrogens is 447 g/mol. The largest absolute Gasteiger partial charge is 0.490 e. The lowest BCUT2D eigenvalue weighted by Gasteiger charge is -2.38. The van der Waals surface area contributed by atoms with Gasteiger partial charge in [-0.2, -0.15) is 0 Å². The van der Waals surface area contributed by atoms with E-state index < -0.39 is 39.2 Å². The maximum Gasteiger partial charge on any atom is 0.265 e. The van der Waals surface area contributed by atoms with Crippen molar-refractivity contribution in [2.45, 2.75) is 43.1 Å². The van der Waals surface area contributed by atoms with Gasteiger partial charge in [-0.25, -0.2) is 31.6 Å². The molecule has 1 saturated carbocycles. The molecule has 0 bridgehead atoms. The van der Waals surface area contributed by atoms with Crippen LogP contribution in [-0.2, 0) is 10.0 Å². The van der Waals surface area contributed by atoms with Gasteiger partial charge in [0.25, 0.3) is 15.9 Å². The third-order valence-electron chi connectivity index (χ3n) is 5.90. The Bertz CT molecular complexity index is 1070. The SMILES string of the molecule is Cc1cc(S(=O)(=O)Nc2ccncn2)c(F)cc1O[C@H]1CC(F)(F)CC[C@@H]1C1CNNC1. The summed E-state index contributed by atoms with van der Waals surface area (Å²) in [5.74, 6) is -3.90. The Labute approximate surface area is 184 Å². The standard InChI is InChI=1S/C20H24F3N5O3S/c1-12-6-18(32(29,30)28-19-3-5-24-11-25-19)15(21)7-16(12)31-17-8-20(22,23)4-2-14(17)13-9-26-27-10-13/h3,5-7,11,13-14,17,26-27H,2,4,8-10H2,1H3,(H,24,25,28)/t14-,17+/m1/s1. The monoisotopic (exact) mass is 471 g/mol. The Morgan fingerprint density at radius 1 is 1.25 bits per heavy atom. The molecule has 0 spiro atoms. The van der Waals surface area contributed by atoms with Crippen molar-refractivity contribution in [2.24, 2.45) is 11.8 Å². The van der Waals surface area contributed by atoms with Gasteiger partial charge in [-0.05, 0) is 37.0 Å². The predicted octanol–water partition coefficient (Wildman–Crippen LogP) is 2.63. The maximum absolute atomic E-state index is 14.8. The summed E-state index contributed by atoms with van der Waals surface area (Å²) in [6, 6.07) is 3.40. The van der Waals surface area contributed by atoms with Gasteiger partial charge < -0.3 is 4.74 Å². The van der Waals surface area contributed by atoms with Gasteiger partial charge in [-0.3, -0.25) is 15.6 Å². The molecule has 2 aliphatic rings. The smallest absolute Gasteiger partial charge is 0.265 e. The van der Waals surface area contributed by atoms with Crippen LogP contribution in [0.25, 0.3) is 0 Å². The lowest BCUT2D eigenvalue weighted by atomic mass is 9.76. The highest BCUT2D eigenvalue weighted by atomic mass is 32.2. The van der Waals surface area contributed by atoms with Crippen molar-refractivity contribution in [3.8, 4) is 5.75 Å². The summed E-state index contributed by atoms with van der Waals surface area (Å²) in [4.78, 5) is 6.87. The first-order valence-electron chi connectivity index (χ1n) is 10.2. The van der Waals surface area contributed by atoms with Crippen molar-refractivity contribution < 1.29 is 26.3 Å². The van der Waals surface area contributed by atoms with E-state index in [4.69, 9.17) is 4.74 Å². The summed E-state index contributed by atoms with van der Waals surface area (Å²) in [7, 11) is -4.27. The fourth-order valence-corrected chi connectivity index (χ4v) is 5.39. The number of alkyl halides is 2. The number of aromatic nitrogens is 2. The minimum absolute atomic E-state index is 0.0107. The van der Waals surface area contributed by atoms with Gasteiger partial charge in [0.15, 0.2) is 0 Å². The zero-order chi connectivity index (χ0) is 22.9.